The van der Waals surface area contributed by atoms with Crippen molar-refractivity contribution in [3.8, 4) is 0 Å². The van der Waals surface area contributed by atoms with Crippen LogP contribution in [0.2, 0.25) is 0 Å². The molecule has 1 aromatic carbocycles. The molecular formula is C14H17N5O2. The smallest absolute Gasteiger partial charge is 0.251 e. The fourth-order valence-corrected chi connectivity index (χ4v) is 1.81. The average molecular weight is 287 g/mol. The number of hydrogen-bond acceptors (Lipinski definition) is 4. The quantitative estimate of drug-likeness (QED) is 0.758. The molecule has 0 bridgehead atoms. The van der Waals surface area contributed by atoms with E-state index in [9.17, 15) is 9.59 Å². The van der Waals surface area contributed by atoms with Crippen LogP contribution in [0.1, 0.15) is 17.3 Å². The molecule has 0 aliphatic rings. The van der Waals surface area contributed by atoms with Crippen LogP contribution in [0.15, 0.2) is 36.7 Å². The number of nitrogen functional groups attached to an aromatic ring is 1. The lowest BCUT2D eigenvalue weighted by Crippen LogP contribution is -2.23. The molecular weight excluding hydrogens is 270 g/mol. The summed E-state index contributed by atoms with van der Waals surface area (Å²) in [6.45, 7) is 2.46. The number of nitrogens with one attached hydrogen (secondary N) is 2. The van der Waals surface area contributed by atoms with Gasteiger partial charge in [-0.2, -0.15) is 5.10 Å². The van der Waals surface area contributed by atoms with Gasteiger partial charge in [-0.1, -0.05) is 6.07 Å². The minimum absolute atomic E-state index is 0.0581. The summed E-state index contributed by atoms with van der Waals surface area (Å²) in [5.74, 6) is -0.417. The van der Waals surface area contributed by atoms with Crippen molar-refractivity contribution >= 4 is 23.2 Å². The first kappa shape index (κ1) is 14.6. The standard InChI is InChI=1S/C14H17N5O2/c1-2-16-14(21)10-4-3-5-12(6-10)18-13(20)9-19-8-11(15)7-17-19/h3-8H,2,9,15H2,1H3,(H,16,21)(H,18,20). The lowest BCUT2D eigenvalue weighted by Gasteiger charge is -2.07. The number of carbonyl (C=O) groups excluding carboxylic acids is 2. The van der Waals surface area contributed by atoms with Gasteiger partial charge < -0.3 is 16.4 Å². The minimum atomic E-state index is -0.244. The zero-order valence-electron chi connectivity index (χ0n) is 11.7. The van der Waals surface area contributed by atoms with Gasteiger partial charge >= 0.3 is 0 Å². The van der Waals surface area contributed by atoms with E-state index in [-0.39, 0.29) is 18.4 Å². The molecule has 0 radical (unpaired) electrons. The van der Waals surface area contributed by atoms with Crippen LogP contribution >= 0.6 is 0 Å². The topological polar surface area (TPSA) is 102 Å². The van der Waals surface area contributed by atoms with Crippen molar-refractivity contribution in [3.63, 3.8) is 0 Å². The zero-order valence-corrected chi connectivity index (χ0v) is 11.7. The Bertz CT molecular complexity index is 650. The Balaban J connectivity index is 2.00. The van der Waals surface area contributed by atoms with Crippen molar-refractivity contribution in [1.29, 1.82) is 0 Å². The normalized spacial score (nSPS) is 10.1. The fourth-order valence-electron chi connectivity index (χ4n) is 1.81. The molecule has 110 valence electrons. The molecule has 0 unspecified atom stereocenters. The van der Waals surface area contributed by atoms with Crippen LogP contribution in [-0.2, 0) is 11.3 Å². The van der Waals surface area contributed by atoms with E-state index in [2.05, 4.69) is 15.7 Å². The molecule has 0 aliphatic heterocycles. The van der Waals surface area contributed by atoms with Gasteiger partial charge in [0.1, 0.15) is 6.54 Å². The maximum Gasteiger partial charge on any atom is 0.251 e. The van der Waals surface area contributed by atoms with Crippen molar-refractivity contribution < 1.29 is 9.59 Å². The molecule has 4 N–H and O–H groups in total. The van der Waals surface area contributed by atoms with Crippen molar-refractivity contribution in [1.82, 2.24) is 15.1 Å². The lowest BCUT2D eigenvalue weighted by molar-refractivity contribution is -0.116. The second-order valence-corrected chi connectivity index (χ2v) is 4.46. The largest absolute Gasteiger partial charge is 0.396 e. The first-order valence-electron chi connectivity index (χ1n) is 6.54. The molecule has 0 aliphatic carbocycles. The van der Waals surface area contributed by atoms with Crippen molar-refractivity contribution in [2.75, 3.05) is 17.6 Å². The molecule has 21 heavy (non-hydrogen) atoms. The highest BCUT2D eigenvalue weighted by Gasteiger charge is 2.08. The summed E-state index contributed by atoms with van der Waals surface area (Å²) in [6.07, 6.45) is 3.05. The summed E-state index contributed by atoms with van der Waals surface area (Å²) < 4.78 is 1.44. The van der Waals surface area contributed by atoms with E-state index in [0.29, 0.717) is 23.5 Å². The van der Waals surface area contributed by atoms with Crippen LogP contribution < -0.4 is 16.4 Å². The number of benzene rings is 1. The minimum Gasteiger partial charge on any atom is -0.396 e. The third-order valence-corrected chi connectivity index (χ3v) is 2.70. The number of carbonyl (C=O) groups is 2. The number of anilines is 2. The number of aromatic nitrogens is 2. The third kappa shape index (κ3) is 4.07. The van der Waals surface area contributed by atoms with Crippen molar-refractivity contribution in [2.45, 2.75) is 13.5 Å². The predicted octanol–water partition coefficient (Wildman–Crippen LogP) is 0.854. The maximum absolute atomic E-state index is 11.9. The number of amides is 2. The number of nitrogens with two attached hydrogens (primary N) is 1. The SMILES string of the molecule is CCNC(=O)c1cccc(NC(=O)Cn2cc(N)cn2)c1. The summed E-state index contributed by atoms with van der Waals surface area (Å²) in [6, 6.07) is 6.75. The van der Waals surface area contributed by atoms with Gasteiger partial charge in [-0.25, -0.2) is 0 Å². The maximum atomic E-state index is 11.9. The van der Waals surface area contributed by atoms with Gasteiger partial charge in [-0.15, -0.1) is 0 Å². The Morgan fingerprint density at radius 2 is 2.19 bits per heavy atom. The van der Waals surface area contributed by atoms with Gasteiger partial charge in [0.15, 0.2) is 0 Å². The van der Waals surface area contributed by atoms with Crippen LogP contribution in [-0.4, -0.2) is 28.1 Å². The Kier molecular flexibility index (Phi) is 4.55. The van der Waals surface area contributed by atoms with E-state index in [1.54, 1.807) is 30.5 Å². The molecule has 1 heterocycles. The van der Waals surface area contributed by atoms with Crippen LogP contribution in [0, 0.1) is 0 Å². The van der Waals surface area contributed by atoms with E-state index in [1.807, 2.05) is 6.92 Å². The highest BCUT2D eigenvalue weighted by atomic mass is 16.2. The van der Waals surface area contributed by atoms with Crippen molar-refractivity contribution in [3.05, 3.63) is 42.2 Å². The molecule has 7 heteroatoms. The predicted molar refractivity (Wildman–Crippen MR) is 79.7 cm³/mol. The fraction of sp³-hybridized carbons (Fsp3) is 0.214. The van der Waals surface area contributed by atoms with E-state index in [4.69, 9.17) is 5.73 Å². The molecule has 2 rings (SSSR count). The van der Waals surface area contributed by atoms with E-state index in [1.165, 1.54) is 10.9 Å². The molecule has 0 atom stereocenters. The summed E-state index contributed by atoms with van der Waals surface area (Å²) >= 11 is 0. The van der Waals surface area contributed by atoms with E-state index < -0.39 is 0 Å². The molecule has 0 spiro atoms. The van der Waals surface area contributed by atoms with Gasteiger partial charge in [0.05, 0.1) is 11.9 Å². The number of hydrogen-bond donors (Lipinski definition) is 3. The van der Waals surface area contributed by atoms with E-state index in [0.717, 1.165) is 0 Å². The summed E-state index contributed by atoms with van der Waals surface area (Å²) in [7, 11) is 0. The van der Waals surface area contributed by atoms with Gasteiger partial charge in [0, 0.05) is 24.0 Å². The lowest BCUT2D eigenvalue weighted by atomic mass is 10.2. The first-order chi connectivity index (χ1) is 10.1. The number of nitrogens with zero attached hydrogens (tertiary/aromatic N) is 2. The second kappa shape index (κ2) is 6.56. The molecule has 7 nitrogen and oxygen atoms in total. The van der Waals surface area contributed by atoms with Gasteiger partial charge in [-0.05, 0) is 25.1 Å². The van der Waals surface area contributed by atoms with Crippen LogP contribution in [0.3, 0.4) is 0 Å². The first-order valence-corrected chi connectivity index (χ1v) is 6.54. The number of rotatable bonds is 5. The third-order valence-electron chi connectivity index (χ3n) is 2.70. The molecule has 2 amide bonds. The van der Waals surface area contributed by atoms with Crippen LogP contribution in [0.25, 0.3) is 0 Å². The monoisotopic (exact) mass is 287 g/mol. The van der Waals surface area contributed by atoms with Gasteiger partial charge in [0.25, 0.3) is 5.91 Å². The highest BCUT2D eigenvalue weighted by molar-refractivity contribution is 5.97. The Morgan fingerprint density at radius 1 is 1.38 bits per heavy atom. The van der Waals surface area contributed by atoms with Crippen LogP contribution in [0.5, 0.6) is 0 Å². The molecule has 0 saturated heterocycles. The zero-order chi connectivity index (χ0) is 15.2. The molecule has 0 fully saturated rings. The summed E-state index contributed by atoms with van der Waals surface area (Å²) in [5, 5.41) is 9.36. The molecule has 0 saturated carbocycles. The van der Waals surface area contributed by atoms with Gasteiger partial charge in [0.2, 0.25) is 5.91 Å². The summed E-state index contributed by atoms with van der Waals surface area (Å²) in [4.78, 5) is 23.6. The van der Waals surface area contributed by atoms with E-state index >= 15 is 0 Å². The molecule has 1 aromatic heterocycles. The van der Waals surface area contributed by atoms with Crippen LogP contribution in [0.4, 0.5) is 11.4 Å². The Hall–Kier alpha value is -2.83. The highest BCUT2D eigenvalue weighted by Crippen LogP contribution is 2.11. The average Bonchev–Trinajstić information content (AvgIpc) is 2.84. The second-order valence-electron chi connectivity index (χ2n) is 4.46. The Morgan fingerprint density at radius 3 is 2.86 bits per heavy atom. The Labute approximate surface area is 122 Å². The summed E-state index contributed by atoms with van der Waals surface area (Å²) in [5.41, 5.74) is 7.09. The molecule has 2 aromatic rings. The van der Waals surface area contributed by atoms with Gasteiger partial charge in [-0.3, -0.25) is 14.3 Å². The van der Waals surface area contributed by atoms with Crippen molar-refractivity contribution in [2.24, 2.45) is 0 Å².